The molecule has 2 aromatic heterocycles. The summed E-state index contributed by atoms with van der Waals surface area (Å²) in [6.07, 6.45) is 4.00. The van der Waals surface area contributed by atoms with E-state index in [9.17, 15) is 9.59 Å². The van der Waals surface area contributed by atoms with Crippen LogP contribution < -0.4 is 16.6 Å². The molecule has 0 atom stereocenters. The molecule has 0 aliphatic carbocycles. The van der Waals surface area contributed by atoms with Crippen molar-refractivity contribution in [2.45, 2.75) is 6.42 Å². The Bertz CT molecular complexity index is 639. The molecule has 2 aromatic rings. The van der Waals surface area contributed by atoms with Gasteiger partial charge in [0.1, 0.15) is 0 Å². The van der Waals surface area contributed by atoms with Gasteiger partial charge in [0.15, 0.2) is 0 Å². The van der Waals surface area contributed by atoms with Gasteiger partial charge in [0, 0.05) is 39.0 Å². The van der Waals surface area contributed by atoms with Crippen molar-refractivity contribution >= 4 is 5.82 Å². The lowest BCUT2D eigenvalue weighted by atomic mass is 10.3. The summed E-state index contributed by atoms with van der Waals surface area (Å²) in [5.74, 6) is 0.166. The molecule has 0 bridgehead atoms. The summed E-state index contributed by atoms with van der Waals surface area (Å²) < 4.78 is 2.14. The minimum Gasteiger partial charge on any atom is -0.364 e. The second-order valence-electron chi connectivity index (χ2n) is 3.87. The third-order valence-electron chi connectivity index (χ3n) is 2.56. The Morgan fingerprint density at radius 2 is 2.17 bits per heavy atom. The smallest absolute Gasteiger partial charge is 0.346 e. The number of anilines is 1. The molecule has 0 saturated heterocycles. The Morgan fingerprint density at radius 3 is 2.83 bits per heavy atom. The van der Waals surface area contributed by atoms with Crippen LogP contribution in [0, 0.1) is 0 Å². The maximum absolute atomic E-state index is 11.7. The maximum atomic E-state index is 11.7. The molecule has 0 fully saturated rings. The summed E-state index contributed by atoms with van der Waals surface area (Å²) in [5.41, 5.74) is 0.0889. The number of nitrogens with one attached hydrogen (secondary N) is 2. The normalized spacial score (nSPS) is 10.6. The SMILES string of the molecule is Cn1nc(NCCc2cnc[nH]2)c(=O)n(C)c1=O. The lowest BCUT2D eigenvalue weighted by Gasteiger charge is -2.07. The summed E-state index contributed by atoms with van der Waals surface area (Å²) in [6, 6.07) is 0. The van der Waals surface area contributed by atoms with Crippen LogP contribution in [-0.2, 0) is 20.5 Å². The molecule has 18 heavy (non-hydrogen) atoms. The Morgan fingerprint density at radius 1 is 1.39 bits per heavy atom. The van der Waals surface area contributed by atoms with Crippen LogP contribution in [0.25, 0.3) is 0 Å². The van der Waals surface area contributed by atoms with Gasteiger partial charge in [-0.1, -0.05) is 0 Å². The number of aromatic nitrogens is 5. The van der Waals surface area contributed by atoms with Crippen LogP contribution in [0.4, 0.5) is 5.82 Å². The molecule has 0 amide bonds. The highest BCUT2D eigenvalue weighted by molar-refractivity contribution is 5.29. The second kappa shape index (κ2) is 4.86. The summed E-state index contributed by atoms with van der Waals surface area (Å²) in [6.45, 7) is 0.530. The van der Waals surface area contributed by atoms with Gasteiger partial charge in [-0.25, -0.2) is 14.5 Å². The zero-order valence-corrected chi connectivity index (χ0v) is 10.2. The molecule has 0 unspecified atom stereocenters. The first-order valence-electron chi connectivity index (χ1n) is 5.45. The van der Waals surface area contributed by atoms with E-state index in [0.717, 1.165) is 14.9 Å². The number of rotatable bonds is 4. The van der Waals surface area contributed by atoms with Gasteiger partial charge in [0.05, 0.1) is 6.33 Å². The molecule has 0 aliphatic heterocycles. The van der Waals surface area contributed by atoms with Crippen LogP contribution in [0.15, 0.2) is 22.1 Å². The van der Waals surface area contributed by atoms with Crippen LogP contribution in [0.3, 0.4) is 0 Å². The molecule has 8 nitrogen and oxygen atoms in total. The first kappa shape index (κ1) is 12.1. The molecule has 0 aliphatic rings. The summed E-state index contributed by atoms with van der Waals surface area (Å²) in [5, 5.41) is 6.79. The standard InChI is InChI=1S/C10H14N6O2/c1-15-9(17)8(14-16(2)10(15)18)12-4-3-7-5-11-6-13-7/h5-6H,3-4H2,1-2H3,(H,11,13)(H,12,14). The predicted molar refractivity (Wildman–Crippen MR) is 65.5 cm³/mol. The van der Waals surface area contributed by atoms with Crippen molar-refractivity contribution in [1.29, 1.82) is 0 Å². The third kappa shape index (κ3) is 2.31. The number of hydrogen-bond acceptors (Lipinski definition) is 5. The first-order chi connectivity index (χ1) is 8.59. The maximum Gasteiger partial charge on any atom is 0.346 e. The fraction of sp³-hybridized carbons (Fsp3) is 0.400. The van der Waals surface area contributed by atoms with E-state index in [1.165, 1.54) is 14.1 Å². The number of imidazole rings is 1. The fourth-order valence-corrected chi connectivity index (χ4v) is 1.55. The minimum atomic E-state index is -0.445. The fourth-order valence-electron chi connectivity index (χ4n) is 1.55. The van der Waals surface area contributed by atoms with E-state index in [1.807, 2.05) is 0 Å². The van der Waals surface area contributed by atoms with Crippen molar-refractivity contribution < 1.29 is 0 Å². The topological polar surface area (TPSA) is 97.6 Å². The highest BCUT2D eigenvalue weighted by Crippen LogP contribution is 1.94. The molecular weight excluding hydrogens is 236 g/mol. The van der Waals surface area contributed by atoms with Crippen molar-refractivity contribution in [1.82, 2.24) is 24.3 Å². The Kier molecular flexibility index (Phi) is 3.26. The van der Waals surface area contributed by atoms with E-state index in [1.54, 1.807) is 12.5 Å². The Balaban J connectivity index is 2.10. The molecule has 0 saturated carbocycles. The highest BCUT2D eigenvalue weighted by atomic mass is 16.2. The van der Waals surface area contributed by atoms with Gasteiger partial charge in [-0.2, -0.15) is 0 Å². The zero-order chi connectivity index (χ0) is 13.1. The molecule has 0 aromatic carbocycles. The molecular formula is C10H14N6O2. The Hall–Kier alpha value is -2.38. The average molecular weight is 250 g/mol. The third-order valence-corrected chi connectivity index (χ3v) is 2.56. The molecule has 0 radical (unpaired) electrons. The van der Waals surface area contributed by atoms with Crippen LogP contribution in [0.5, 0.6) is 0 Å². The van der Waals surface area contributed by atoms with E-state index in [4.69, 9.17) is 0 Å². The number of aromatic amines is 1. The summed E-state index contributed by atoms with van der Waals surface area (Å²) in [7, 11) is 2.92. The number of hydrogen-bond donors (Lipinski definition) is 2. The van der Waals surface area contributed by atoms with Crippen molar-refractivity contribution in [2.24, 2.45) is 14.1 Å². The molecule has 96 valence electrons. The van der Waals surface area contributed by atoms with Crippen LogP contribution in [-0.4, -0.2) is 30.9 Å². The van der Waals surface area contributed by atoms with Crippen molar-refractivity contribution in [2.75, 3.05) is 11.9 Å². The van der Waals surface area contributed by atoms with Gasteiger partial charge in [-0.3, -0.25) is 9.36 Å². The van der Waals surface area contributed by atoms with Gasteiger partial charge in [-0.15, -0.1) is 5.10 Å². The highest BCUT2D eigenvalue weighted by Gasteiger charge is 2.07. The van der Waals surface area contributed by atoms with Crippen LogP contribution in [0.2, 0.25) is 0 Å². The number of H-pyrrole nitrogens is 1. The summed E-state index contributed by atoms with van der Waals surface area (Å²) in [4.78, 5) is 30.0. The van der Waals surface area contributed by atoms with Crippen molar-refractivity contribution in [3.63, 3.8) is 0 Å². The van der Waals surface area contributed by atoms with Gasteiger partial charge in [-0.05, 0) is 0 Å². The van der Waals surface area contributed by atoms with Crippen LogP contribution >= 0.6 is 0 Å². The van der Waals surface area contributed by atoms with E-state index in [-0.39, 0.29) is 5.82 Å². The molecule has 2 rings (SSSR count). The second-order valence-corrected chi connectivity index (χ2v) is 3.87. The lowest BCUT2D eigenvalue weighted by Crippen LogP contribution is -2.40. The van der Waals surface area contributed by atoms with E-state index < -0.39 is 11.2 Å². The molecule has 2 heterocycles. The van der Waals surface area contributed by atoms with Crippen molar-refractivity contribution in [3.8, 4) is 0 Å². The zero-order valence-electron chi connectivity index (χ0n) is 10.2. The van der Waals surface area contributed by atoms with Gasteiger partial charge in [0.2, 0.25) is 5.82 Å². The molecule has 0 spiro atoms. The molecule has 2 N–H and O–H groups in total. The number of aryl methyl sites for hydroxylation is 1. The quantitative estimate of drug-likeness (QED) is 0.714. The monoisotopic (exact) mass is 250 g/mol. The van der Waals surface area contributed by atoms with Gasteiger partial charge >= 0.3 is 5.69 Å². The summed E-state index contributed by atoms with van der Waals surface area (Å²) >= 11 is 0. The lowest BCUT2D eigenvalue weighted by molar-refractivity contribution is 0.604. The number of nitrogens with zero attached hydrogens (tertiary/aromatic N) is 4. The first-order valence-corrected chi connectivity index (χ1v) is 5.45. The molecule has 8 heteroatoms. The van der Waals surface area contributed by atoms with Gasteiger partial charge < -0.3 is 10.3 Å². The van der Waals surface area contributed by atoms with E-state index in [2.05, 4.69) is 20.4 Å². The van der Waals surface area contributed by atoms with Crippen LogP contribution in [0.1, 0.15) is 5.69 Å². The van der Waals surface area contributed by atoms with E-state index >= 15 is 0 Å². The minimum absolute atomic E-state index is 0.166. The van der Waals surface area contributed by atoms with Crippen molar-refractivity contribution in [3.05, 3.63) is 39.1 Å². The average Bonchev–Trinajstić information content (AvgIpc) is 2.86. The van der Waals surface area contributed by atoms with Gasteiger partial charge in [0.25, 0.3) is 5.56 Å². The van der Waals surface area contributed by atoms with E-state index in [0.29, 0.717) is 13.0 Å². The Labute approximate surface area is 102 Å². The largest absolute Gasteiger partial charge is 0.364 e. The predicted octanol–water partition coefficient (Wildman–Crippen LogP) is -1.14.